The van der Waals surface area contributed by atoms with E-state index >= 15 is 0 Å². The first kappa shape index (κ1) is 21.7. The molecular weight excluding hydrogens is 402 g/mol. The Hall–Kier alpha value is -2.97. The van der Waals surface area contributed by atoms with E-state index in [4.69, 9.17) is 21.7 Å². The highest BCUT2D eigenvalue weighted by molar-refractivity contribution is 7.80. The average Bonchev–Trinajstić information content (AvgIpc) is 3.29. The topological polar surface area (TPSA) is 79.9 Å². The van der Waals surface area contributed by atoms with Crippen LogP contribution in [0.2, 0.25) is 0 Å². The van der Waals surface area contributed by atoms with Gasteiger partial charge in [-0.3, -0.25) is 14.9 Å². The average molecular weight is 428 g/mol. The molecule has 0 atom stereocenters. The van der Waals surface area contributed by atoms with Crippen LogP contribution in [0, 0.1) is 0 Å². The van der Waals surface area contributed by atoms with Crippen LogP contribution in [0.4, 0.5) is 5.69 Å². The number of carbonyl (C=O) groups excluding carboxylic acids is 2. The Morgan fingerprint density at radius 1 is 1.00 bits per heavy atom. The molecule has 0 saturated carbocycles. The van der Waals surface area contributed by atoms with Gasteiger partial charge in [0, 0.05) is 20.2 Å². The second-order valence-electron chi connectivity index (χ2n) is 6.79. The standard InChI is InChI=1S/C22H25N3O4S/c1-28-14-15-29-19-11-5-3-9-17(19)20(26)24-22(30)23-18-10-4-2-8-16(18)21(27)25-12-6-7-13-25/h2-5,8-11H,6-7,12-15H2,1H3,(H2,23,24,26,30). The first-order chi connectivity index (χ1) is 14.6. The summed E-state index contributed by atoms with van der Waals surface area (Å²) in [6, 6.07) is 14.1. The molecule has 0 spiro atoms. The number of rotatable bonds is 7. The van der Waals surface area contributed by atoms with Crippen molar-refractivity contribution < 1.29 is 19.1 Å². The van der Waals surface area contributed by atoms with Crippen molar-refractivity contribution in [3.05, 3.63) is 59.7 Å². The molecule has 1 aliphatic heterocycles. The molecular formula is C22H25N3O4S. The largest absolute Gasteiger partial charge is 0.490 e. The number of amides is 2. The van der Waals surface area contributed by atoms with E-state index in [-0.39, 0.29) is 11.0 Å². The molecule has 8 heteroatoms. The molecule has 1 aliphatic rings. The lowest BCUT2D eigenvalue weighted by Gasteiger charge is -2.19. The molecule has 0 aromatic heterocycles. The first-order valence-electron chi connectivity index (χ1n) is 9.81. The zero-order valence-corrected chi connectivity index (χ0v) is 17.7. The quantitative estimate of drug-likeness (QED) is 0.522. The van der Waals surface area contributed by atoms with Crippen LogP contribution in [0.1, 0.15) is 33.6 Å². The zero-order valence-electron chi connectivity index (χ0n) is 16.8. The second kappa shape index (κ2) is 10.7. The summed E-state index contributed by atoms with van der Waals surface area (Å²) in [6.45, 7) is 2.26. The van der Waals surface area contributed by atoms with Crippen molar-refractivity contribution in [2.75, 3.05) is 38.7 Å². The van der Waals surface area contributed by atoms with E-state index in [0.29, 0.717) is 35.8 Å². The molecule has 2 N–H and O–H groups in total. The van der Waals surface area contributed by atoms with E-state index in [2.05, 4.69) is 10.6 Å². The fourth-order valence-corrected chi connectivity index (χ4v) is 3.41. The second-order valence-corrected chi connectivity index (χ2v) is 7.20. The molecule has 2 amide bonds. The Morgan fingerprint density at radius 2 is 1.67 bits per heavy atom. The minimum absolute atomic E-state index is 0.0402. The van der Waals surface area contributed by atoms with Crippen LogP contribution < -0.4 is 15.4 Å². The van der Waals surface area contributed by atoms with Crippen LogP contribution in [-0.4, -0.2) is 55.2 Å². The third kappa shape index (κ3) is 5.55. The molecule has 0 bridgehead atoms. The van der Waals surface area contributed by atoms with Crippen LogP contribution in [0.15, 0.2) is 48.5 Å². The highest BCUT2D eigenvalue weighted by atomic mass is 32.1. The number of para-hydroxylation sites is 2. The van der Waals surface area contributed by atoms with Crippen molar-refractivity contribution in [3.8, 4) is 5.75 Å². The van der Waals surface area contributed by atoms with Gasteiger partial charge >= 0.3 is 0 Å². The smallest absolute Gasteiger partial charge is 0.261 e. The lowest BCUT2D eigenvalue weighted by atomic mass is 10.1. The summed E-state index contributed by atoms with van der Waals surface area (Å²) in [7, 11) is 1.58. The van der Waals surface area contributed by atoms with Gasteiger partial charge in [-0.15, -0.1) is 0 Å². The minimum atomic E-state index is -0.399. The summed E-state index contributed by atoms with van der Waals surface area (Å²) >= 11 is 5.31. The number of nitrogens with zero attached hydrogens (tertiary/aromatic N) is 1. The van der Waals surface area contributed by atoms with Crippen LogP contribution in [0.3, 0.4) is 0 Å². The van der Waals surface area contributed by atoms with E-state index in [0.717, 1.165) is 25.9 Å². The molecule has 1 heterocycles. The molecule has 30 heavy (non-hydrogen) atoms. The third-order valence-electron chi connectivity index (χ3n) is 4.70. The number of benzene rings is 2. The molecule has 3 rings (SSSR count). The molecule has 1 fully saturated rings. The van der Waals surface area contributed by atoms with Gasteiger partial charge < -0.3 is 19.7 Å². The van der Waals surface area contributed by atoms with Crippen LogP contribution in [0.5, 0.6) is 5.75 Å². The lowest BCUT2D eigenvalue weighted by Crippen LogP contribution is -2.35. The molecule has 0 radical (unpaired) electrons. The van der Waals surface area contributed by atoms with Gasteiger partial charge in [-0.25, -0.2) is 0 Å². The summed E-state index contributed by atoms with van der Waals surface area (Å²) in [6.07, 6.45) is 2.03. The van der Waals surface area contributed by atoms with Crippen molar-refractivity contribution in [2.45, 2.75) is 12.8 Å². The van der Waals surface area contributed by atoms with Gasteiger partial charge in [0.05, 0.1) is 23.4 Å². The van der Waals surface area contributed by atoms with Gasteiger partial charge in [0.15, 0.2) is 5.11 Å². The molecule has 7 nitrogen and oxygen atoms in total. The normalized spacial score (nSPS) is 13.0. The van der Waals surface area contributed by atoms with E-state index in [9.17, 15) is 9.59 Å². The van der Waals surface area contributed by atoms with Gasteiger partial charge in [-0.05, 0) is 49.3 Å². The Labute approximate surface area is 181 Å². The number of likely N-dealkylation sites (tertiary alicyclic amines) is 1. The van der Waals surface area contributed by atoms with Gasteiger partial charge in [0.25, 0.3) is 11.8 Å². The summed E-state index contributed by atoms with van der Waals surface area (Å²) < 4.78 is 10.6. The predicted octanol–water partition coefficient (Wildman–Crippen LogP) is 3.07. The van der Waals surface area contributed by atoms with Crippen LogP contribution >= 0.6 is 12.2 Å². The summed E-state index contributed by atoms with van der Waals surface area (Å²) in [5.74, 6) is 0.00458. The predicted molar refractivity (Wildman–Crippen MR) is 119 cm³/mol. The number of carbonyl (C=O) groups is 2. The van der Waals surface area contributed by atoms with Crippen molar-refractivity contribution in [1.82, 2.24) is 10.2 Å². The molecule has 0 unspecified atom stereocenters. The van der Waals surface area contributed by atoms with E-state index < -0.39 is 5.91 Å². The zero-order chi connectivity index (χ0) is 21.3. The Kier molecular flexibility index (Phi) is 7.75. The van der Waals surface area contributed by atoms with Gasteiger partial charge in [0.2, 0.25) is 0 Å². The monoisotopic (exact) mass is 427 g/mol. The highest BCUT2D eigenvalue weighted by Crippen LogP contribution is 2.21. The van der Waals surface area contributed by atoms with Crippen LogP contribution in [-0.2, 0) is 4.74 Å². The summed E-state index contributed by atoms with van der Waals surface area (Å²) in [4.78, 5) is 27.3. The maximum absolute atomic E-state index is 12.8. The number of methoxy groups -OCH3 is 1. The van der Waals surface area contributed by atoms with Gasteiger partial charge in [-0.1, -0.05) is 24.3 Å². The van der Waals surface area contributed by atoms with E-state index in [1.165, 1.54) is 0 Å². The Balaban J connectivity index is 1.67. The van der Waals surface area contributed by atoms with Gasteiger partial charge in [-0.2, -0.15) is 0 Å². The van der Waals surface area contributed by atoms with E-state index in [1.807, 2.05) is 17.0 Å². The number of hydrogen-bond acceptors (Lipinski definition) is 5. The number of ether oxygens (including phenoxy) is 2. The fraction of sp³-hybridized carbons (Fsp3) is 0.318. The van der Waals surface area contributed by atoms with Crippen molar-refractivity contribution >= 4 is 34.8 Å². The number of anilines is 1. The van der Waals surface area contributed by atoms with Crippen molar-refractivity contribution in [1.29, 1.82) is 0 Å². The fourth-order valence-electron chi connectivity index (χ4n) is 3.21. The Bertz CT molecular complexity index is 913. The number of thiocarbonyl (C=S) groups is 1. The SMILES string of the molecule is COCCOc1ccccc1C(=O)NC(=S)Nc1ccccc1C(=O)N1CCCC1. The first-order valence-corrected chi connectivity index (χ1v) is 10.2. The molecule has 2 aromatic rings. The van der Waals surface area contributed by atoms with Crippen molar-refractivity contribution in [2.24, 2.45) is 0 Å². The molecule has 0 aliphatic carbocycles. The van der Waals surface area contributed by atoms with E-state index in [1.54, 1.807) is 43.5 Å². The maximum atomic E-state index is 12.8. The molecule has 158 valence electrons. The summed E-state index contributed by atoms with van der Waals surface area (Å²) in [5, 5.41) is 5.74. The van der Waals surface area contributed by atoms with Gasteiger partial charge in [0.1, 0.15) is 12.4 Å². The summed E-state index contributed by atoms with van der Waals surface area (Å²) in [5.41, 5.74) is 1.45. The van der Waals surface area contributed by atoms with Crippen molar-refractivity contribution in [3.63, 3.8) is 0 Å². The molecule has 1 saturated heterocycles. The minimum Gasteiger partial charge on any atom is -0.490 e. The number of hydrogen-bond donors (Lipinski definition) is 2. The van der Waals surface area contributed by atoms with Crippen LogP contribution in [0.25, 0.3) is 0 Å². The maximum Gasteiger partial charge on any atom is 0.261 e. The lowest BCUT2D eigenvalue weighted by molar-refractivity contribution is 0.0793. The highest BCUT2D eigenvalue weighted by Gasteiger charge is 2.22. The Morgan fingerprint density at radius 3 is 2.40 bits per heavy atom. The number of nitrogens with one attached hydrogen (secondary N) is 2. The third-order valence-corrected chi connectivity index (χ3v) is 4.91. The molecule has 2 aromatic carbocycles.